The zero-order chi connectivity index (χ0) is 24.6. The predicted octanol–water partition coefficient (Wildman–Crippen LogP) is 10.2. The van der Waals surface area contributed by atoms with Crippen LogP contribution in [0.1, 0.15) is 55.4 Å². The molecular formula is C32H39NY-2. The summed E-state index contributed by atoms with van der Waals surface area (Å²) in [5.74, 6) is 0. The van der Waals surface area contributed by atoms with Crippen molar-refractivity contribution in [2.45, 2.75) is 55.4 Å². The van der Waals surface area contributed by atoms with E-state index in [9.17, 15) is 0 Å². The van der Waals surface area contributed by atoms with Crippen LogP contribution in [0.2, 0.25) is 0 Å². The zero-order valence-corrected chi connectivity index (χ0v) is 25.0. The molecule has 0 unspecified atom stereocenters. The van der Waals surface area contributed by atoms with E-state index in [2.05, 4.69) is 83.4 Å². The molecule has 0 saturated heterocycles. The SMILES string of the molecule is CC.CC.CC.CC.[Y].[c-]1ccccc1-c1cccc2c3ccccc3n(-c3[c-]cccc3)c12. The standard InChI is InChI=1S/C24H15N.4C2H6.Y/c1-3-10-18(11-4-1)20-15-9-16-22-21-14-7-8-17-23(21)25(24(20)22)19-12-5-2-6-13-19;4*1-2;/h1-10,12,14-17H;4*1-2H3;/q-2;;;;;. The van der Waals surface area contributed by atoms with Gasteiger partial charge in [0.05, 0.1) is 5.52 Å². The minimum Gasteiger partial charge on any atom is -0.341 e. The summed E-state index contributed by atoms with van der Waals surface area (Å²) in [5, 5.41) is 2.51. The third kappa shape index (κ3) is 7.14. The van der Waals surface area contributed by atoms with Gasteiger partial charge in [-0.1, -0.05) is 103 Å². The quantitative estimate of drug-likeness (QED) is 0.202. The summed E-state index contributed by atoms with van der Waals surface area (Å²) in [4.78, 5) is 0. The Morgan fingerprint density at radius 1 is 0.529 bits per heavy atom. The monoisotopic (exact) mass is 526 g/mol. The molecule has 0 fully saturated rings. The van der Waals surface area contributed by atoms with Gasteiger partial charge in [-0.3, -0.25) is 0 Å². The molecule has 0 N–H and O–H groups in total. The van der Waals surface area contributed by atoms with Crippen LogP contribution >= 0.6 is 0 Å². The zero-order valence-electron chi connectivity index (χ0n) is 22.2. The van der Waals surface area contributed by atoms with Gasteiger partial charge in [-0.25, -0.2) is 0 Å². The second-order valence-electron chi connectivity index (χ2n) is 6.08. The summed E-state index contributed by atoms with van der Waals surface area (Å²) in [5.41, 5.74) is 5.74. The molecule has 1 heterocycles. The fourth-order valence-corrected chi connectivity index (χ4v) is 3.57. The number of hydrogen-bond donors (Lipinski definition) is 0. The Kier molecular flexibility index (Phi) is 17.0. The molecule has 1 nitrogen and oxygen atoms in total. The summed E-state index contributed by atoms with van der Waals surface area (Å²) in [6.07, 6.45) is 0. The number of para-hydroxylation sites is 3. The molecule has 0 saturated carbocycles. The van der Waals surface area contributed by atoms with Gasteiger partial charge in [0, 0.05) is 43.6 Å². The van der Waals surface area contributed by atoms with Crippen molar-refractivity contribution in [1.82, 2.24) is 4.57 Å². The van der Waals surface area contributed by atoms with E-state index in [1.807, 2.05) is 79.7 Å². The molecule has 1 aromatic heterocycles. The van der Waals surface area contributed by atoms with Crippen LogP contribution in [0.5, 0.6) is 0 Å². The van der Waals surface area contributed by atoms with Crippen LogP contribution < -0.4 is 0 Å². The fourth-order valence-electron chi connectivity index (χ4n) is 3.57. The van der Waals surface area contributed by atoms with Crippen LogP contribution in [-0.4, -0.2) is 4.57 Å². The van der Waals surface area contributed by atoms with Crippen LogP contribution in [0.15, 0.2) is 91.0 Å². The van der Waals surface area contributed by atoms with Crippen molar-refractivity contribution >= 4 is 21.8 Å². The van der Waals surface area contributed by atoms with E-state index in [-0.39, 0.29) is 32.7 Å². The first-order valence-electron chi connectivity index (χ1n) is 12.4. The molecule has 34 heavy (non-hydrogen) atoms. The molecule has 2 heteroatoms. The second kappa shape index (κ2) is 18.2. The van der Waals surface area contributed by atoms with Gasteiger partial charge in [-0.2, -0.15) is 24.3 Å². The van der Waals surface area contributed by atoms with Crippen LogP contribution in [0.25, 0.3) is 38.6 Å². The molecule has 0 spiro atoms. The van der Waals surface area contributed by atoms with E-state index in [4.69, 9.17) is 0 Å². The number of nitrogens with zero attached hydrogens (tertiary/aromatic N) is 1. The molecule has 4 aromatic carbocycles. The molecule has 1 radical (unpaired) electrons. The average molecular weight is 527 g/mol. The number of hydrogen-bond acceptors (Lipinski definition) is 0. The maximum absolute atomic E-state index is 3.39. The minimum absolute atomic E-state index is 0. The largest absolute Gasteiger partial charge is 0.341 e. The van der Waals surface area contributed by atoms with Crippen molar-refractivity contribution in [2.75, 3.05) is 0 Å². The van der Waals surface area contributed by atoms with Gasteiger partial charge in [0.15, 0.2) is 0 Å². The van der Waals surface area contributed by atoms with Crippen LogP contribution in [-0.2, 0) is 32.7 Å². The molecule has 0 aliphatic rings. The molecule has 5 rings (SSSR count). The van der Waals surface area contributed by atoms with E-state index in [0.29, 0.717) is 0 Å². The van der Waals surface area contributed by atoms with Crippen molar-refractivity contribution in [3.63, 3.8) is 0 Å². The Morgan fingerprint density at radius 3 is 1.68 bits per heavy atom. The fraction of sp³-hybridized carbons (Fsp3) is 0.250. The summed E-state index contributed by atoms with van der Waals surface area (Å²) >= 11 is 0. The summed E-state index contributed by atoms with van der Waals surface area (Å²) in [6, 6.07) is 38.1. The van der Waals surface area contributed by atoms with Gasteiger partial charge in [-0.15, -0.1) is 42.0 Å². The van der Waals surface area contributed by atoms with Crippen LogP contribution in [0.4, 0.5) is 0 Å². The van der Waals surface area contributed by atoms with Gasteiger partial charge in [0.1, 0.15) is 0 Å². The molecule has 0 bridgehead atoms. The third-order valence-corrected chi connectivity index (χ3v) is 4.63. The minimum atomic E-state index is 0. The topological polar surface area (TPSA) is 4.93 Å². The second-order valence-corrected chi connectivity index (χ2v) is 6.08. The Balaban J connectivity index is 0.00000110. The van der Waals surface area contributed by atoms with E-state index >= 15 is 0 Å². The summed E-state index contributed by atoms with van der Waals surface area (Å²) in [7, 11) is 0. The molecule has 0 amide bonds. The van der Waals surface area contributed by atoms with Crippen molar-refractivity contribution in [2.24, 2.45) is 0 Å². The van der Waals surface area contributed by atoms with Crippen molar-refractivity contribution < 1.29 is 32.7 Å². The molecule has 0 aliphatic heterocycles. The maximum atomic E-state index is 3.39. The number of aromatic nitrogens is 1. The third-order valence-electron chi connectivity index (χ3n) is 4.63. The predicted molar refractivity (Wildman–Crippen MR) is 149 cm³/mol. The normalized spacial score (nSPS) is 8.94. The number of fused-ring (bicyclic) bond motifs is 3. The van der Waals surface area contributed by atoms with Gasteiger partial charge in [-0.05, 0) is 11.5 Å². The molecule has 5 aromatic rings. The smallest absolute Gasteiger partial charge is 0.0511 e. The Hall–Kier alpha value is -2.22. The van der Waals surface area contributed by atoms with Crippen molar-refractivity contribution in [3.8, 4) is 16.8 Å². The molecular weight excluding hydrogens is 487 g/mol. The van der Waals surface area contributed by atoms with E-state index in [1.165, 1.54) is 27.4 Å². The molecule has 0 atom stereocenters. The Bertz CT molecular complexity index is 1180. The number of benzene rings is 4. The van der Waals surface area contributed by atoms with Crippen molar-refractivity contribution in [3.05, 3.63) is 103 Å². The van der Waals surface area contributed by atoms with Crippen LogP contribution in [0, 0.1) is 12.1 Å². The maximum Gasteiger partial charge on any atom is 0.0511 e. The van der Waals surface area contributed by atoms with E-state index in [1.54, 1.807) is 0 Å². The van der Waals surface area contributed by atoms with Gasteiger partial charge in [0.2, 0.25) is 0 Å². The van der Waals surface area contributed by atoms with Crippen molar-refractivity contribution in [1.29, 1.82) is 0 Å². The average Bonchev–Trinajstić information content (AvgIpc) is 3.29. The van der Waals surface area contributed by atoms with Crippen LogP contribution in [0.3, 0.4) is 0 Å². The first-order chi connectivity index (χ1) is 16.4. The summed E-state index contributed by atoms with van der Waals surface area (Å²) < 4.78 is 2.31. The van der Waals surface area contributed by atoms with Gasteiger partial charge < -0.3 is 4.57 Å². The Morgan fingerprint density at radius 2 is 1.09 bits per heavy atom. The first kappa shape index (κ1) is 31.8. The number of rotatable bonds is 2. The first-order valence-corrected chi connectivity index (χ1v) is 12.4. The van der Waals surface area contributed by atoms with Gasteiger partial charge >= 0.3 is 0 Å². The molecule has 0 aliphatic carbocycles. The summed E-state index contributed by atoms with van der Waals surface area (Å²) in [6.45, 7) is 16.0. The Labute approximate surface area is 233 Å². The van der Waals surface area contributed by atoms with Gasteiger partial charge in [0.25, 0.3) is 0 Å². The van der Waals surface area contributed by atoms with E-state index < -0.39 is 0 Å². The molecule has 177 valence electrons. The van der Waals surface area contributed by atoms with E-state index in [0.717, 1.165) is 11.3 Å².